The molecule has 104 valence electrons. The highest BCUT2D eigenvalue weighted by molar-refractivity contribution is 5.92. The Morgan fingerprint density at radius 1 is 1.37 bits per heavy atom. The second-order valence-electron chi connectivity index (χ2n) is 3.85. The van der Waals surface area contributed by atoms with E-state index in [0.717, 1.165) is 12.8 Å². The van der Waals surface area contributed by atoms with Gasteiger partial charge in [-0.05, 0) is 18.9 Å². The largest absolute Gasteiger partial charge is 0.478 e. The molecule has 7 heteroatoms. The molecule has 19 heavy (non-hydrogen) atoms. The highest BCUT2D eigenvalue weighted by Gasteiger charge is 2.06. The summed E-state index contributed by atoms with van der Waals surface area (Å²) in [6.45, 7) is 1.19. The fourth-order valence-electron chi connectivity index (χ4n) is 1.37. The molecule has 0 fully saturated rings. The van der Waals surface area contributed by atoms with Crippen molar-refractivity contribution in [1.82, 2.24) is 10.3 Å². The van der Waals surface area contributed by atoms with Gasteiger partial charge < -0.3 is 20.5 Å². The van der Waals surface area contributed by atoms with E-state index in [0.29, 0.717) is 18.8 Å². The van der Waals surface area contributed by atoms with E-state index in [9.17, 15) is 9.59 Å². The average Bonchev–Trinajstić information content (AvgIpc) is 2.38. The molecular weight excluding hydrogens is 250 g/mol. The van der Waals surface area contributed by atoms with Crippen molar-refractivity contribution in [3.05, 3.63) is 24.0 Å². The van der Waals surface area contributed by atoms with Crippen LogP contribution in [0.3, 0.4) is 0 Å². The molecule has 0 aliphatic rings. The van der Waals surface area contributed by atoms with Gasteiger partial charge in [-0.3, -0.25) is 4.98 Å². The lowest BCUT2D eigenvalue weighted by atomic mass is 10.2. The zero-order valence-corrected chi connectivity index (χ0v) is 10.7. The maximum absolute atomic E-state index is 11.5. The Morgan fingerprint density at radius 2 is 2.16 bits per heavy atom. The molecule has 1 aromatic heterocycles. The van der Waals surface area contributed by atoms with Crippen LogP contribution in [0.1, 0.15) is 23.2 Å². The number of unbranched alkanes of at least 4 members (excludes halogenated alkanes) is 1. The number of urea groups is 1. The average molecular weight is 267 g/mol. The van der Waals surface area contributed by atoms with Gasteiger partial charge in [0.15, 0.2) is 0 Å². The molecule has 1 rings (SSSR count). The van der Waals surface area contributed by atoms with Crippen molar-refractivity contribution in [2.24, 2.45) is 0 Å². The number of carboxylic acids is 1. The molecular formula is C12H17N3O4. The van der Waals surface area contributed by atoms with Gasteiger partial charge in [0.2, 0.25) is 0 Å². The third-order valence-electron chi connectivity index (χ3n) is 2.30. The predicted molar refractivity (Wildman–Crippen MR) is 69.3 cm³/mol. The number of ether oxygens (including phenoxy) is 1. The zero-order chi connectivity index (χ0) is 14.1. The van der Waals surface area contributed by atoms with E-state index in [1.807, 2.05) is 0 Å². The van der Waals surface area contributed by atoms with Gasteiger partial charge in [0, 0.05) is 26.5 Å². The summed E-state index contributed by atoms with van der Waals surface area (Å²) in [6, 6.07) is 0.960. The summed E-state index contributed by atoms with van der Waals surface area (Å²) in [5.74, 6) is -1.09. The number of amides is 2. The van der Waals surface area contributed by atoms with E-state index in [1.165, 1.54) is 18.5 Å². The lowest BCUT2D eigenvalue weighted by Gasteiger charge is -2.07. The Morgan fingerprint density at radius 3 is 2.84 bits per heavy atom. The number of hydrogen-bond donors (Lipinski definition) is 3. The van der Waals surface area contributed by atoms with Crippen LogP contribution < -0.4 is 10.6 Å². The first-order valence-corrected chi connectivity index (χ1v) is 5.85. The Balaban J connectivity index is 2.35. The number of aromatic carboxylic acids is 1. The van der Waals surface area contributed by atoms with E-state index in [2.05, 4.69) is 15.6 Å². The molecule has 0 saturated heterocycles. The quantitative estimate of drug-likeness (QED) is 0.647. The first kappa shape index (κ1) is 14.9. The van der Waals surface area contributed by atoms with Crippen LogP contribution in [0, 0.1) is 0 Å². The number of rotatable bonds is 7. The molecule has 0 bridgehead atoms. The fraction of sp³-hybridized carbons (Fsp3) is 0.417. The molecule has 7 nitrogen and oxygen atoms in total. The Bertz CT molecular complexity index is 437. The number of nitrogens with one attached hydrogen (secondary N) is 2. The molecule has 0 radical (unpaired) electrons. The Kier molecular flexibility index (Phi) is 6.31. The minimum Gasteiger partial charge on any atom is -0.478 e. The van der Waals surface area contributed by atoms with Gasteiger partial charge in [-0.1, -0.05) is 0 Å². The number of aromatic nitrogens is 1. The van der Waals surface area contributed by atoms with Gasteiger partial charge in [-0.15, -0.1) is 0 Å². The van der Waals surface area contributed by atoms with Crippen molar-refractivity contribution in [2.75, 3.05) is 25.6 Å². The molecule has 2 amide bonds. The third kappa shape index (κ3) is 5.82. The summed E-state index contributed by atoms with van der Waals surface area (Å²) in [4.78, 5) is 26.0. The van der Waals surface area contributed by atoms with Crippen LogP contribution >= 0.6 is 0 Å². The van der Waals surface area contributed by atoms with Crippen molar-refractivity contribution < 1.29 is 19.4 Å². The first-order valence-electron chi connectivity index (χ1n) is 5.85. The second kappa shape index (κ2) is 8.04. The lowest BCUT2D eigenvalue weighted by molar-refractivity contribution is 0.0696. The van der Waals surface area contributed by atoms with Gasteiger partial charge in [0.25, 0.3) is 0 Å². The van der Waals surface area contributed by atoms with E-state index < -0.39 is 5.97 Å². The van der Waals surface area contributed by atoms with Crippen LogP contribution in [0.15, 0.2) is 18.5 Å². The number of methoxy groups -OCH3 is 1. The molecule has 0 atom stereocenters. The molecule has 0 aromatic carbocycles. The summed E-state index contributed by atoms with van der Waals surface area (Å²) >= 11 is 0. The fourth-order valence-corrected chi connectivity index (χ4v) is 1.37. The number of carbonyl (C=O) groups excluding carboxylic acids is 1. The molecule has 0 aliphatic heterocycles. The van der Waals surface area contributed by atoms with Crippen molar-refractivity contribution in [2.45, 2.75) is 12.8 Å². The SMILES string of the molecule is COCCCCNC(=O)Nc1cncc(C(=O)O)c1. The van der Waals surface area contributed by atoms with Crippen LogP contribution in [-0.4, -0.2) is 42.4 Å². The van der Waals surface area contributed by atoms with Crippen LogP contribution in [0.25, 0.3) is 0 Å². The van der Waals surface area contributed by atoms with E-state index >= 15 is 0 Å². The van der Waals surface area contributed by atoms with E-state index in [-0.39, 0.29) is 11.6 Å². The number of anilines is 1. The van der Waals surface area contributed by atoms with Crippen molar-refractivity contribution in [1.29, 1.82) is 0 Å². The molecule has 1 heterocycles. The van der Waals surface area contributed by atoms with Gasteiger partial charge in [-0.25, -0.2) is 9.59 Å². The van der Waals surface area contributed by atoms with Crippen molar-refractivity contribution in [3.63, 3.8) is 0 Å². The standard InChI is InChI=1S/C12H17N3O4/c1-19-5-3-2-4-14-12(18)15-10-6-9(11(16)17)7-13-8-10/h6-8H,2-5H2,1H3,(H,16,17)(H2,14,15,18). The van der Waals surface area contributed by atoms with Crippen LogP contribution in [0.4, 0.5) is 10.5 Å². The normalized spacial score (nSPS) is 9.95. The maximum Gasteiger partial charge on any atom is 0.337 e. The van der Waals surface area contributed by atoms with Gasteiger partial charge in [-0.2, -0.15) is 0 Å². The number of carbonyl (C=O) groups is 2. The van der Waals surface area contributed by atoms with Gasteiger partial charge in [0.1, 0.15) is 0 Å². The molecule has 0 saturated carbocycles. The summed E-state index contributed by atoms with van der Waals surface area (Å²) in [5, 5.41) is 14.0. The zero-order valence-electron chi connectivity index (χ0n) is 10.7. The van der Waals surface area contributed by atoms with E-state index in [1.54, 1.807) is 7.11 Å². The number of hydrogen-bond acceptors (Lipinski definition) is 4. The Labute approximate surface area is 111 Å². The van der Waals surface area contributed by atoms with E-state index in [4.69, 9.17) is 9.84 Å². The maximum atomic E-state index is 11.5. The molecule has 0 unspecified atom stereocenters. The van der Waals surface area contributed by atoms with Crippen molar-refractivity contribution in [3.8, 4) is 0 Å². The summed E-state index contributed by atoms with van der Waals surface area (Å²) in [5.41, 5.74) is 0.368. The molecule has 1 aromatic rings. The molecule has 3 N–H and O–H groups in total. The second-order valence-corrected chi connectivity index (χ2v) is 3.85. The monoisotopic (exact) mass is 267 g/mol. The summed E-state index contributed by atoms with van der Waals surface area (Å²) < 4.78 is 4.89. The lowest BCUT2D eigenvalue weighted by Crippen LogP contribution is -2.29. The van der Waals surface area contributed by atoms with Crippen molar-refractivity contribution >= 4 is 17.7 Å². The van der Waals surface area contributed by atoms with Gasteiger partial charge in [0.05, 0.1) is 17.4 Å². The highest BCUT2D eigenvalue weighted by atomic mass is 16.5. The first-order chi connectivity index (χ1) is 9.13. The molecule has 0 spiro atoms. The molecule has 0 aliphatic carbocycles. The summed E-state index contributed by atoms with van der Waals surface area (Å²) in [7, 11) is 1.63. The van der Waals surface area contributed by atoms with Crippen LogP contribution in [-0.2, 0) is 4.74 Å². The highest BCUT2D eigenvalue weighted by Crippen LogP contribution is 2.07. The minimum absolute atomic E-state index is 0.0258. The minimum atomic E-state index is -1.09. The summed E-state index contributed by atoms with van der Waals surface area (Å²) in [6.07, 6.45) is 4.29. The van der Waals surface area contributed by atoms with Crippen LogP contribution in [0.2, 0.25) is 0 Å². The number of nitrogens with zero attached hydrogens (tertiary/aromatic N) is 1. The number of carboxylic acid groups (broad SMARTS) is 1. The smallest absolute Gasteiger partial charge is 0.337 e. The third-order valence-corrected chi connectivity index (χ3v) is 2.30. The predicted octanol–water partition coefficient (Wildman–Crippen LogP) is 1.33. The van der Waals surface area contributed by atoms with Gasteiger partial charge >= 0.3 is 12.0 Å². The topological polar surface area (TPSA) is 101 Å². The number of pyridine rings is 1. The van der Waals surface area contributed by atoms with Crippen LogP contribution in [0.5, 0.6) is 0 Å². The Hall–Kier alpha value is -2.15.